The summed E-state index contributed by atoms with van der Waals surface area (Å²) in [7, 11) is 0. The van der Waals surface area contributed by atoms with Crippen LogP contribution in [-0.2, 0) is 0 Å². The van der Waals surface area contributed by atoms with Gasteiger partial charge in [-0.2, -0.15) is 0 Å². The molecule has 1 rings (SSSR count). The van der Waals surface area contributed by atoms with E-state index in [1.807, 2.05) is 0 Å². The third-order valence-corrected chi connectivity index (χ3v) is 2.88. The average molecular weight is 171 g/mol. The fraction of sp³-hybridized carbons (Fsp3) is 1.00. The van der Waals surface area contributed by atoms with Gasteiger partial charge in [-0.15, -0.1) is 0 Å². The van der Waals surface area contributed by atoms with Crippen LogP contribution in [0.4, 0.5) is 0 Å². The molecule has 1 aliphatic carbocycles. The maximum absolute atomic E-state index is 9.26. The Balaban J connectivity index is 2.28. The van der Waals surface area contributed by atoms with Gasteiger partial charge in [0, 0.05) is 0 Å². The smallest absolute Gasteiger partial charge is 0.105 e. The third-order valence-electron chi connectivity index (χ3n) is 2.88. The molecule has 1 unspecified atom stereocenters. The van der Waals surface area contributed by atoms with E-state index in [1.54, 1.807) is 0 Å². The van der Waals surface area contributed by atoms with Crippen LogP contribution in [0.5, 0.6) is 0 Å². The van der Waals surface area contributed by atoms with Crippen molar-refractivity contribution >= 4 is 0 Å². The number of hydrogen-bond donors (Lipinski definition) is 2. The zero-order valence-corrected chi connectivity index (χ0v) is 7.84. The SMILES string of the molecule is NC(O)C1CCCCCCCC1. The van der Waals surface area contributed by atoms with Crippen LogP contribution in [0.3, 0.4) is 0 Å². The summed E-state index contributed by atoms with van der Waals surface area (Å²) >= 11 is 0. The zero-order valence-electron chi connectivity index (χ0n) is 7.84. The molecule has 0 aromatic carbocycles. The summed E-state index contributed by atoms with van der Waals surface area (Å²) in [5, 5.41) is 9.26. The number of nitrogens with two attached hydrogens (primary N) is 1. The van der Waals surface area contributed by atoms with Crippen molar-refractivity contribution in [3.05, 3.63) is 0 Å². The molecule has 0 spiro atoms. The van der Waals surface area contributed by atoms with Crippen molar-refractivity contribution in [3.8, 4) is 0 Å². The van der Waals surface area contributed by atoms with Crippen LogP contribution in [0.1, 0.15) is 51.4 Å². The Labute approximate surface area is 75.2 Å². The Kier molecular flexibility index (Phi) is 4.62. The van der Waals surface area contributed by atoms with Gasteiger partial charge < -0.3 is 10.8 Å². The molecule has 0 heterocycles. The average Bonchev–Trinajstić information content (AvgIpc) is 2.15. The highest BCUT2D eigenvalue weighted by molar-refractivity contribution is 4.66. The number of hydrogen-bond acceptors (Lipinski definition) is 2. The number of aliphatic hydroxyl groups excluding tert-OH is 1. The maximum Gasteiger partial charge on any atom is 0.105 e. The molecule has 72 valence electrons. The van der Waals surface area contributed by atoms with Crippen LogP contribution in [-0.4, -0.2) is 11.3 Å². The first-order valence-corrected chi connectivity index (χ1v) is 5.24. The summed E-state index contributed by atoms with van der Waals surface area (Å²) in [5.74, 6) is 0.364. The van der Waals surface area contributed by atoms with E-state index in [4.69, 9.17) is 5.73 Å². The van der Waals surface area contributed by atoms with Gasteiger partial charge in [0.25, 0.3) is 0 Å². The van der Waals surface area contributed by atoms with Crippen LogP contribution in [0, 0.1) is 5.92 Å². The molecule has 0 radical (unpaired) electrons. The minimum Gasteiger partial charge on any atom is -0.379 e. The van der Waals surface area contributed by atoms with E-state index in [1.165, 1.54) is 38.5 Å². The topological polar surface area (TPSA) is 46.2 Å². The highest BCUT2D eigenvalue weighted by atomic mass is 16.3. The van der Waals surface area contributed by atoms with Gasteiger partial charge in [0.2, 0.25) is 0 Å². The van der Waals surface area contributed by atoms with Crippen LogP contribution in [0.15, 0.2) is 0 Å². The van der Waals surface area contributed by atoms with Crippen molar-refractivity contribution in [1.29, 1.82) is 0 Å². The second-order valence-corrected chi connectivity index (χ2v) is 3.95. The number of aliphatic hydroxyl groups is 1. The van der Waals surface area contributed by atoms with E-state index in [0.29, 0.717) is 5.92 Å². The van der Waals surface area contributed by atoms with E-state index in [2.05, 4.69) is 0 Å². The molecule has 3 N–H and O–H groups in total. The molecule has 1 fully saturated rings. The molecular weight excluding hydrogens is 150 g/mol. The molecule has 0 aliphatic heterocycles. The summed E-state index contributed by atoms with van der Waals surface area (Å²) in [5.41, 5.74) is 5.49. The van der Waals surface area contributed by atoms with Crippen LogP contribution < -0.4 is 5.73 Å². The highest BCUT2D eigenvalue weighted by Gasteiger charge is 2.15. The molecule has 0 bridgehead atoms. The summed E-state index contributed by atoms with van der Waals surface area (Å²) in [4.78, 5) is 0. The monoisotopic (exact) mass is 171 g/mol. The van der Waals surface area contributed by atoms with E-state index in [0.717, 1.165) is 12.8 Å². The molecule has 0 aromatic rings. The lowest BCUT2D eigenvalue weighted by atomic mass is 9.96. The van der Waals surface area contributed by atoms with Crippen molar-refractivity contribution in [3.63, 3.8) is 0 Å². The number of rotatable bonds is 1. The normalized spacial score (nSPS) is 25.5. The van der Waals surface area contributed by atoms with Crippen molar-refractivity contribution in [1.82, 2.24) is 0 Å². The predicted molar refractivity (Wildman–Crippen MR) is 50.6 cm³/mol. The van der Waals surface area contributed by atoms with E-state index in [-0.39, 0.29) is 0 Å². The van der Waals surface area contributed by atoms with Gasteiger partial charge >= 0.3 is 0 Å². The molecule has 2 heteroatoms. The summed E-state index contributed by atoms with van der Waals surface area (Å²) < 4.78 is 0. The first kappa shape index (κ1) is 10.0. The van der Waals surface area contributed by atoms with Gasteiger partial charge in [0.1, 0.15) is 6.23 Å². The molecule has 12 heavy (non-hydrogen) atoms. The minimum absolute atomic E-state index is 0.364. The molecule has 0 amide bonds. The summed E-state index contributed by atoms with van der Waals surface area (Å²) in [6.07, 6.45) is 9.54. The van der Waals surface area contributed by atoms with E-state index in [9.17, 15) is 5.11 Å². The van der Waals surface area contributed by atoms with Crippen molar-refractivity contribution in [2.45, 2.75) is 57.6 Å². The highest BCUT2D eigenvalue weighted by Crippen LogP contribution is 2.22. The fourth-order valence-electron chi connectivity index (χ4n) is 2.01. The van der Waals surface area contributed by atoms with Gasteiger partial charge in [0.15, 0.2) is 0 Å². The largest absolute Gasteiger partial charge is 0.379 e. The molecule has 0 aromatic heterocycles. The molecule has 1 aliphatic rings. The fourth-order valence-corrected chi connectivity index (χ4v) is 2.01. The van der Waals surface area contributed by atoms with Crippen molar-refractivity contribution < 1.29 is 5.11 Å². The minimum atomic E-state index is -0.580. The van der Waals surface area contributed by atoms with Gasteiger partial charge in [-0.05, 0) is 18.8 Å². The Morgan fingerprint density at radius 2 is 1.33 bits per heavy atom. The van der Waals surface area contributed by atoms with E-state index < -0.39 is 6.23 Å². The lowest BCUT2D eigenvalue weighted by Gasteiger charge is -2.18. The Bertz CT molecular complexity index is 104. The molecule has 2 nitrogen and oxygen atoms in total. The first-order chi connectivity index (χ1) is 5.80. The van der Waals surface area contributed by atoms with Gasteiger partial charge in [-0.3, -0.25) is 0 Å². The molecule has 0 saturated heterocycles. The summed E-state index contributed by atoms with van der Waals surface area (Å²) in [6.45, 7) is 0. The van der Waals surface area contributed by atoms with Gasteiger partial charge in [0.05, 0.1) is 0 Å². The maximum atomic E-state index is 9.26. The molecule has 1 saturated carbocycles. The standard InChI is InChI=1S/C10H21NO/c11-10(12)9-7-5-3-1-2-4-6-8-9/h9-10,12H,1-8,11H2. The predicted octanol–water partition coefficient (Wildman–Crippen LogP) is 2.01. The Hall–Kier alpha value is -0.0800. The lowest BCUT2D eigenvalue weighted by molar-refractivity contribution is 0.101. The Morgan fingerprint density at radius 1 is 0.917 bits per heavy atom. The van der Waals surface area contributed by atoms with Gasteiger partial charge in [-0.25, -0.2) is 0 Å². The Morgan fingerprint density at radius 3 is 1.75 bits per heavy atom. The second-order valence-electron chi connectivity index (χ2n) is 3.95. The lowest BCUT2D eigenvalue weighted by Crippen LogP contribution is -2.29. The molecular formula is C10H21NO. The second kappa shape index (κ2) is 5.55. The van der Waals surface area contributed by atoms with Gasteiger partial charge in [-0.1, -0.05) is 38.5 Å². The van der Waals surface area contributed by atoms with Crippen molar-refractivity contribution in [2.24, 2.45) is 11.7 Å². The van der Waals surface area contributed by atoms with Crippen molar-refractivity contribution in [2.75, 3.05) is 0 Å². The zero-order chi connectivity index (χ0) is 8.81. The van der Waals surface area contributed by atoms with Crippen LogP contribution >= 0.6 is 0 Å². The first-order valence-electron chi connectivity index (χ1n) is 5.24. The van der Waals surface area contributed by atoms with Crippen LogP contribution in [0.2, 0.25) is 0 Å². The quantitative estimate of drug-likeness (QED) is 0.593. The summed E-state index contributed by atoms with van der Waals surface area (Å²) in [6, 6.07) is 0. The third kappa shape index (κ3) is 3.55. The molecule has 1 atom stereocenters. The van der Waals surface area contributed by atoms with E-state index >= 15 is 0 Å². The van der Waals surface area contributed by atoms with Crippen LogP contribution in [0.25, 0.3) is 0 Å².